The number of fused-ring (bicyclic) bond motifs is 1. The van der Waals surface area contributed by atoms with Crippen LogP contribution in [0, 0.1) is 6.92 Å². The van der Waals surface area contributed by atoms with E-state index in [1.54, 1.807) is 41.3 Å². The minimum absolute atomic E-state index is 0.330. The number of nitrogens with two attached hydrogens (primary N) is 1. The van der Waals surface area contributed by atoms with Crippen LogP contribution >= 0.6 is 0 Å². The molecule has 1 aromatic carbocycles. The zero-order chi connectivity index (χ0) is 19.0. The van der Waals surface area contributed by atoms with E-state index >= 15 is 0 Å². The van der Waals surface area contributed by atoms with Gasteiger partial charge in [-0.3, -0.25) is 19.3 Å². The summed E-state index contributed by atoms with van der Waals surface area (Å²) < 4.78 is 1.79. The van der Waals surface area contributed by atoms with Gasteiger partial charge in [-0.1, -0.05) is 12.1 Å². The fraction of sp³-hybridized carbons (Fsp3) is 0.105. The van der Waals surface area contributed by atoms with Gasteiger partial charge in [0, 0.05) is 29.2 Å². The number of H-pyrrole nitrogens is 1. The minimum atomic E-state index is -0.471. The molecule has 2 aliphatic heterocycles. The van der Waals surface area contributed by atoms with Crippen LogP contribution in [0.25, 0.3) is 22.8 Å². The van der Waals surface area contributed by atoms with Crippen molar-refractivity contribution in [2.75, 3.05) is 0 Å². The number of carbonyl (C=O) groups is 1. The van der Waals surface area contributed by atoms with Gasteiger partial charge in [0.1, 0.15) is 5.56 Å². The summed E-state index contributed by atoms with van der Waals surface area (Å²) in [6, 6.07) is 10.5. The Morgan fingerprint density at radius 1 is 1.11 bits per heavy atom. The third kappa shape index (κ3) is 3.08. The van der Waals surface area contributed by atoms with E-state index in [2.05, 4.69) is 20.1 Å². The summed E-state index contributed by atoms with van der Waals surface area (Å²) >= 11 is 0. The van der Waals surface area contributed by atoms with Crippen molar-refractivity contribution in [3.63, 3.8) is 0 Å². The first kappa shape index (κ1) is 16.6. The molecule has 134 valence electrons. The van der Waals surface area contributed by atoms with Crippen molar-refractivity contribution in [1.82, 2.24) is 24.7 Å². The van der Waals surface area contributed by atoms with Crippen LogP contribution in [0.3, 0.4) is 0 Å². The van der Waals surface area contributed by atoms with Gasteiger partial charge in [-0.05, 0) is 36.8 Å². The number of hydrogen-bond donors (Lipinski definition) is 2. The van der Waals surface area contributed by atoms with E-state index in [1.807, 2.05) is 19.1 Å². The van der Waals surface area contributed by atoms with E-state index in [0.29, 0.717) is 35.0 Å². The number of primary amides is 1. The highest BCUT2D eigenvalue weighted by Gasteiger charge is 2.21. The van der Waals surface area contributed by atoms with Gasteiger partial charge in [-0.15, -0.1) is 0 Å². The lowest BCUT2D eigenvalue weighted by atomic mass is 10.1. The molecule has 3 heterocycles. The highest BCUT2D eigenvalue weighted by Crippen LogP contribution is 2.23. The molecule has 0 aliphatic carbocycles. The van der Waals surface area contributed by atoms with Crippen LogP contribution in [0.15, 0.2) is 53.6 Å². The van der Waals surface area contributed by atoms with Gasteiger partial charge in [0.05, 0.1) is 6.54 Å². The maximum atomic E-state index is 12.5. The molecular formula is C19H16N6O2. The van der Waals surface area contributed by atoms with E-state index in [0.717, 1.165) is 11.1 Å². The number of aromatic amines is 1. The third-order valence-corrected chi connectivity index (χ3v) is 4.31. The molecule has 0 saturated heterocycles. The van der Waals surface area contributed by atoms with E-state index in [-0.39, 0.29) is 5.56 Å². The van der Waals surface area contributed by atoms with Crippen LogP contribution in [0.5, 0.6) is 0 Å². The molecule has 8 heteroatoms. The number of carbonyl (C=O) groups excluding carboxylic acids is 1. The molecule has 2 aliphatic rings. The maximum Gasteiger partial charge on any atom is 0.284 e. The van der Waals surface area contributed by atoms with Crippen molar-refractivity contribution in [2.45, 2.75) is 13.5 Å². The second-order valence-corrected chi connectivity index (χ2v) is 6.17. The van der Waals surface area contributed by atoms with Crippen molar-refractivity contribution in [1.29, 1.82) is 0 Å². The first-order valence-corrected chi connectivity index (χ1v) is 8.29. The Hall–Kier alpha value is -3.81. The first-order valence-electron chi connectivity index (χ1n) is 8.29. The molecule has 0 unspecified atom stereocenters. The molecule has 1 aromatic heterocycles. The maximum absolute atomic E-state index is 12.5. The number of benzene rings is 1. The summed E-state index contributed by atoms with van der Waals surface area (Å²) in [5.41, 5.74) is 8.21. The Bertz CT molecular complexity index is 1150. The average molecular weight is 360 g/mol. The molecule has 0 saturated carbocycles. The van der Waals surface area contributed by atoms with Gasteiger partial charge >= 0.3 is 0 Å². The zero-order valence-corrected chi connectivity index (χ0v) is 14.5. The molecule has 0 bridgehead atoms. The second kappa shape index (κ2) is 6.49. The predicted molar refractivity (Wildman–Crippen MR) is 99.3 cm³/mol. The lowest BCUT2D eigenvalue weighted by Gasteiger charge is -2.08. The topological polar surface area (TPSA) is 120 Å². The van der Waals surface area contributed by atoms with Crippen molar-refractivity contribution in [2.24, 2.45) is 5.73 Å². The number of nitrogens with zero attached hydrogens (tertiary/aromatic N) is 4. The molecule has 3 N–H and O–H groups in total. The van der Waals surface area contributed by atoms with Crippen LogP contribution in [0.2, 0.25) is 0 Å². The fourth-order valence-corrected chi connectivity index (χ4v) is 2.97. The average Bonchev–Trinajstić information content (AvgIpc) is 2.99. The SMILES string of the molecule is Cc1[nH]n(Cc2ccc(C(N)=O)cc2)c2nc(-c3ccncc3)nc(=O)c1-2. The molecule has 0 atom stereocenters. The molecule has 1 amide bonds. The largest absolute Gasteiger partial charge is 0.366 e. The summed E-state index contributed by atoms with van der Waals surface area (Å²) in [5, 5.41) is 3.17. The Kier molecular flexibility index (Phi) is 4.00. The molecular weight excluding hydrogens is 344 g/mol. The lowest BCUT2D eigenvalue weighted by Crippen LogP contribution is -2.15. The highest BCUT2D eigenvalue weighted by atomic mass is 16.1. The van der Waals surface area contributed by atoms with Crippen LogP contribution in [-0.4, -0.2) is 30.6 Å². The van der Waals surface area contributed by atoms with Gasteiger partial charge in [0.15, 0.2) is 11.6 Å². The van der Waals surface area contributed by atoms with Gasteiger partial charge in [0.2, 0.25) is 5.91 Å². The van der Waals surface area contributed by atoms with Gasteiger partial charge in [0.25, 0.3) is 5.56 Å². The zero-order valence-electron chi connectivity index (χ0n) is 14.5. The summed E-state index contributed by atoms with van der Waals surface area (Å²) in [6.07, 6.45) is 3.26. The molecule has 0 spiro atoms. The number of aromatic nitrogens is 5. The first-order chi connectivity index (χ1) is 13.0. The lowest BCUT2D eigenvalue weighted by molar-refractivity contribution is 0.100. The number of nitrogens with one attached hydrogen (secondary N) is 1. The third-order valence-electron chi connectivity index (χ3n) is 4.31. The summed E-state index contributed by atoms with van der Waals surface area (Å²) in [7, 11) is 0. The minimum Gasteiger partial charge on any atom is -0.366 e. The number of rotatable bonds is 4. The van der Waals surface area contributed by atoms with Crippen LogP contribution < -0.4 is 11.3 Å². The summed E-state index contributed by atoms with van der Waals surface area (Å²) in [4.78, 5) is 36.4. The van der Waals surface area contributed by atoms with Gasteiger partial charge < -0.3 is 10.8 Å². The standard InChI is InChI=1S/C19H16N6O2/c1-11-15-18(22-17(23-19(15)27)14-6-8-21-9-7-14)25(24-11)10-12-2-4-13(5-3-12)16(20)26/h2-9,24H,10H2,1H3,(H2,20,26). The van der Waals surface area contributed by atoms with Crippen LogP contribution in [0.1, 0.15) is 21.6 Å². The Morgan fingerprint density at radius 2 is 1.81 bits per heavy atom. The number of hydrogen-bond acceptors (Lipinski definition) is 5. The van der Waals surface area contributed by atoms with Crippen molar-refractivity contribution in [3.8, 4) is 22.8 Å². The monoisotopic (exact) mass is 360 g/mol. The Labute approximate surface area is 154 Å². The van der Waals surface area contributed by atoms with E-state index in [4.69, 9.17) is 5.73 Å². The predicted octanol–water partition coefficient (Wildman–Crippen LogP) is 1.59. The second-order valence-electron chi connectivity index (χ2n) is 6.17. The molecule has 4 rings (SSSR count). The van der Waals surface area contributed by atoms with E-state index < -0.39 is 5.91 Å². The normalized spacial score (nSPS) is 11.0. The molecule has 8 nitrogen and oxygen atoms in total. The van der Waals surface area contributed by atoms with E-state index in [1.165, 1.54) is 0 Å². The van der Waals surface area contributed by atoms with Crippen molar-refractivity contribution in [3.05, 3.63) is 76.0 Å². The summed E-state index contributed by atoms with van der Waals surface area (Å²) in [6.45, 7) is 2.27. The molecule has 27 heavy (non-hydrogen) atoms. The molecule has 0 radical (unpaired) electrons. The fourth-order valence-electron chi connectivity index (χ4n) is 2.97. The van der Waals surface area contributed by atoms with Crippen molar-refractivity contribution >= 4 is 5.91 Å². The quantitative estimate of drug-likeness (QED) is 0.573. The van der Waals surface area contributed by atoms with E-state index in [9.17, 15) is 9.59 Å². The Balaban J connectivity index is 1.78. The van der Waals surface area contributed by atoms with Crippen LogP contribution in [-0.2, 0) is 6.54 Å². The smallest absolute Gasteiger partial charge is 0.284 e. The highest BCUT2D eigenvalue weighted by molar-refractivity contribution is 5.92. The molecule has 2 aromatic rings. The van der Waals surface area contributed by atoms with Gasteiger partial charge in [-0.25, -0.2) is 4.98 Å². The summed E-state index contributed by atoms with van der Waals surface area (Å²) in [5.74, 6) is 0.408. The Morgan fingerprint density at radius 3 is 2.48 bits per heavy atom. The number of aryl methyl sites for hydroxylation is 1. The number of pyridine rings is 1. The van der Waals surface area contributed by atoms with Crippen molar-refractivity contribution < 1.29 is 4.79 Å². The molecule has 0 fully saturated rings. The number of amides is 1. The van der Waals surface area contributed by atoms with Crippen LogP contribution in [0.4, 0.5) is 0 Å². The van der Waals surface area contributed by atoms with Gasteiger partial charge in [-0.2, -0.15) is 4.98 Å².